The Kier molecular flexibility index (Phi) is 5.32. The van der Waals surface area contributed by atoms with E-state index in [4.69, 9.17) is 10.5 Å². The molecule has 1 heterocycles. The van der Waals surface area contributed by atoms with E-state index < -0.39 is 29.6 Å². The molecule has 18 heavy (non-hydrogen) atoms. The van der Waals surface area contributed by atoms with E-state index in [1.54, 1.807) is 0 Å². The highest BCUT2D eigenvalue weighted by atomic mass is 16.2. The van der Waals surface area contributed by atoms with E-state index in [9.17, 15) is 9.59 Å². The van der Waals surface area contributed by atoms with E-state index >= 15 is 0 Å². The average molecular weight is 247 g/mol. The first kappa shape index (κ1) is 14.2. The summed E-state index contributed by atoms with van der Waals surface area (Å²) >= 11 is 0. The lowest BCUT2D eigenvalue weighted by Gasteiger charge is -2.29. The van der Waals surface area contributed by atoms with E-state index in [1.165, 1.54) is 0 Å². The number of carbonyl (C=O) groups excluding carboxylic acids is 2. The van der Waals surface area contributed by atoms with Gasteiger partial charge in [0.15, 0.2) is 0 Å². The Hall–Kier alpha value is -1.88. The Morgan fingerprint density at radius 3 is 2.06 bits per heavy atom. The van der Waals surface area contributed by atoms with Crippen LogP contribution in [0.1, 0.15) is 39.0 Å². The lowest BCUT2D eigenvalue weighted by atomic mass is 9.76. The largest absolute Gasteiger partial charge is 0.294 e. The van der Waals surface area contributed by atoms with Gasteiger partial charge in [-0.25, -0.2) is 0 Å². The molecule has 1 N–H and O–H groups in total. The van der Waals surface area contributed by atoms with E-state index in [-0.39, 0.29) is 0 Å². The molecular formula is C13H17N3O2. The molecule has 1 aliphatic heterocycles. The fourth-order valence-corrected chi connectivity index (χ4v) is 2.31. The molecule has 1 rings (SSSR count). The van der Waals surface area contributed by atoms with Gasteiger partial charge in [-0.3, -0.25) is 14.9 Å². The predicted molar refractivity (Wildman–Crippen MR) is 63.6 cm³/mol. The van der Waals surface area contributed by atoms with Crippen LogP contribution in [0.25, 0.3) is 0 Å². The second-order valence-corrected chi connectivity index (χ2v) is 4.58. The number of hydrogen-bond donors (Lipinski definition) is 1. The van der Waals surface area contributed by atoms with Gasteiger partial charge < -0.3 is 0 Å². The van der Waals surface area contributed by atoms with Gasteiger partial charge in [0, 0.05) is 5.92 Å². The smallest absolute Gasteiger partial charge is 0.244 e. The molecule has 2 amide bonds. The zero-order chi connectivity index (χ0) is 13.5. The summed E-state index contributed by atoms with van der Waals surface area (Å²) in [5.74, 6) is -3.34. The zero-order valence-corrected chi connectivity index (χ0v) is 10.5. The predicted octanol–water partition coefficient (Wildman–Crippen LogP) is 1.51. The van der Waals surface area contributed by atoms with Crippen LogP contribution in [0.3, 0.4) is 0 Å². The number of piperidine rings is 1. The summed E-state index contributed by atoms with van der Waals surface area (Å²) in [6, 6.07) is 3.83. The van der Waals surface area contributed by atoms with Crippen molar-refractivity contribution < 1.29 is 9.59 Å². The normalized spacial score (nSPS) is 27.2. The highest BCUT2D eigenvalue weighted by molar-refractivity contribution is 6.02. The van der Waals surface area contributed by atoms with Crippen molar-refractivity contribution in [2.75, 3.05) is 0 Å². The molecule has 0 aromatic rings. The van der Waals surface area contributed by atoms with Crippen LogP contribution in [-0.4, -0.2) is 11.8 Å². The Labute approximate surface area is 107 Å². The summed E-state index contributed by atoms with van der Waals surface area (Å²) in [7, 11) is 0. The molecule has 0 aromatic carbocycles. The number of nitriles is 2. The van der Waals surface area contributed by atoms with Crippen LogP contribution in [0.4, 0.5) is 0 Å². The zero-order valence-electron chi connectivity index (χ0n) is 10.5. The number of hydrogen-bond acceptors (Lipinski definition) is 4. The number of carbonyl (C=O) groups is 2. The minimum atomic E-state index is -0.881. The fraction of sp³-hybridized carbons (Fsp3) is 0.692. The van der Waals surface area contributed by atoms with Crippen molar-refractivity contribution in [3.8, 4) is 12.1 Å². The summed E-state index contributed by atoms with van der Waals surface area (Å²) in [6.45, 7) is 2.09. The van der Waals surface area contributed by atoms with Crippen molar-refractivity contribution in [3.05, 3.63) is 0 Å². The van der Waals surface area contributed by atoms with E-state index in [1.807, 2.05) is 12.1 Å². The summed E-state index contributed by atoms with van der Waals surface area (Å²) in [5, 5.41) is 20.1. The molecule has 1 fully saturated rings. The summed E-state index contributed by atoms with van der Waals surface area (Å²) in [5.41, 5.74) is 0. The fourth-order valence-electron chi connectivity index (χ4n) is 2.31. The number of imide groups is 1. The molecule has 0 aliphatic carbocycles. The van der Waals surface area contributed by atoms with Gasteiger partial charge in [-0.15, -0.1) is 0 Å². The third-order valence-electron chi connectivity index (χ3n) is 3.34. The third-order valence-corrected chi connectivity index (χ3v) is 3.34. The number of rotatable bonds is 5. The van der Waals surface area contributed by atoms with Gasteiger partial charge in [-0.05, 0) is 6.42 Å². The molecule has 0 saturated carbocycles. The van der Waals surface area contributed by atoms with E-state index in [0.29, 0.717) is 6.42 Å². The van der Waals surface area contributed by atoms with E-state index in [0.717, 1.165) is 25.7 Å². The van der Waals surface area contributed by atoms with Gasteiger partial charge in [-0.2, -0.15) is 10.5 Å². The van der Waals surface area contributed by atoms with Gasteiger partial charge in [0.05, 0.1) is 12.1 Å². The van der Waals surface area contributed by atoms with Crippen molar-refractivity contribution in [3.63, 3.8) is 0 Å². The lowest BCUT2D eigenvalue weighted by molar-refractivity contribution is -0.140. The van der Waals surface area contributed by atoms with Gasteiger partial charge in [0.25, 0.3) is 0 Å². The first-order valence-corrected chi connectivity index (χ1v) is 6.29. The molecule has 2 atom stereocenters. The number of nitrogens with zero attached hydrogens (tertiary/aromatic N) is 2. The SMILES string of the molecule is CCCCCCC1C(C#N)C(=O)NC(=O)C1C#N. The number of amides is 2. The van der Waals surface area contributed by atoms with Crippen molar-refractivity contribution >= 4 is 11.8 Å². The average Bonchev–Trinajstić information content (AvgIpc) is 2.34. The van der Waals surface area contributed by atoms with E-state index in [2.05, 4.69) is 12.2 Å². The van der Waals surface area contributed by atoms with Crippen molar-refractivity contribution in [1.82, 2.24) is 5.32 Å². The second-order valence-electron chi connectivity index (χ2n) is 4.58. The van der Waals surface area contributed by atoms with Crippen molar-refractivity contribution in [2.45, 2.75) is 39.0 Å². The second kappa shape index (κ2) is 6.76. The summed E-state index contributed by atoms with van der Waals surface area (Å²) in [6.07, 6.45) is 4.60. The molecule has 0 bridgehead atoms. The van der Waals surface area contributed by atoms with Gasteiger partial charge in [0.1, 0.15) is 11.8 Å². The molecule has 0 aromatic heterocycles. The summed E-state index contributed by atoms with van der Waals surface area (Å²) < 4.78 is 0. The first-order chi connectivity index (χ1) is 8.65. The van der Waals surface area contributed by atoms with Gasteiger partial charge >= 0.3 is 0 Å². The van der Waals surface area contributed by atoms with Crippen LogP contribution in [0.2, 0.25) is 0 Å². The Bertz CT molecular complexity index is 373. The van der Waals surface area contributed by atoms with Crippen LogP contribution in [0, 0.1) is 40.4 Å². The molecule has 0 radical (unpaired) electrons. The first-order valence-electron chi connectivity index (χ1n) is 6.29. The standard InChI is InChI=1S/C13H17N3O2/c1-2-3-4-5-6-9-10(7-14)12(17)16-13(18)11(9)8-15/h9-11H,2-6H2,1H3,(H,16,17,18). The Morgan fingerprint density at radius 1 is 1.06 bits per heavy atom. The maximum atomic E-state index is 11.5. The number of unbranched alkanes of at least 4 members (excludes halogenated alkanes) is 3. The van der Waals surface area contributed by atoms with Gasteiger partial charge in [0.2, 0.25) is 11.8 Å². The highest BCUT2D eigenvalue weighted by Gasteiger charge is 2.43. The monoisotopic (exact) mass is 247 g/mol. The minimum absolute atomic E-state index is 0.460. The molecule has 5 nitrogen and oxygen atoms in total. The molecule has 5 heteroatoms. The molecule has 1 saturated heterocycles. The van der Waals surface area contributed by atoms with Crippen LogP contribution in [0.15, 0.2) is 0 Å². The molecule has 2 unspecified atom stereocenters. The third kappa shape index (κ3) is 3.07. The quantitative estimate of drug-likeness (QED) is 0.588. The Morgan fingerprint density at radius 2 is 1.61 bits per heavy atom. The Balaban J connectivity index is 2.73. The van der Waals surface area contributed by atoms with Crippen LogP contribution >= 0.6 is 0 Å². The lowest BCUT2D eigenvalue weighted by Crippen LogP contribution is -2.50. The van der Waals surface area contributed by atoms with Crippen LogP contribution in [-0.2, 0) is 9.59 Å². The minimum Gasteiger partial charge on any atom is -0.294 e. The maximum absolute atomic E-state index is 11.5. The molecular weight excluding hydrogens is 230 g/mol. The van der Waals surface area contributed by atoms with Crippen LogP contribution < -0.4 is 5.32 Å². The highest BCUT2D eigenvalue weighted by Crippen LogP contribution is 2.30. The molecule has 0 spiro atoms. The molecule has 1 aliphatic rings. The molecule has 96 valence electrons. The number of nitrogens with one attached hydrogen (secondary N) is 1. The van der Waals surface area contributed by atoms with Crippen molar-refractivity contribution in [2.24, 2.45) is 17.8 Å². The maximum Gasteiger partial charge on any atom is 0.244 e. The van der Waals surface area contributed by atoms with Crippen LogP contribution in [0.5, 0.6) is 0 Å². The topological polar surface area (TPSA) is 93.8 Å². The van der Waals surface area contributed by atoms with Gasteiger partial charge in [-0.1, -0.05) is 32.6 Å². The summed E-state index contributed by atoms with van der Waals surface area (Å²) in [4.78, 5) is 23.1. The van der Waals surface area contributed by atoms with Crippen molar-refractivity contribution in [1.29, 1.82) is 10.5 Å².